The molecule has 0 aliphatic rings. The number of nitrogens with two attached hydrogens (primary N) is 1. The van der Waals surface area contributed by atoms with Crippen LogP contribution in [0.1, 0.15) is 5.56 Å². The minimum atomic E-state index is -0.372. The third kappa shape index (κ3) is 3.75. The minimum absolute atomic E-state index is 0.138. The quantitative estimate of drug-likeness (QED) is 0.792. The van der Waals surface area contributed by atoms with Crippen LogP contribution in [0.5, 0.6) is 5.75 Å². The Bertz CT molecular complexity index is 382. The van der Waals surface area contributed by atoms with Crippen molar-refractivity contribution in [2.24, 2.45) is 5.73 Å². The van der Waals surface area contributed by atoms with Gasteiger partial charge in [0.2, 0.25) is 0 Å². The van der Waals surface area contributed by atoms with Crippen molar-refractivity contribution in [2.75, 3.05) is 27.2 Å². The molecule has 2 N–H and O–H groups in total. The Kier molecular flexibility index (Phi) is 4.64. The van der Waals surface area contributed by atoms with Gasteiger partial charge in [-0.25, -0.2) is 4.39 Å². The van der Waals surface area contributed by atoms with Crippen LogP contribution < -0.4 is 10.5 Å². The molecule has 0 fully saturated rings. The molecule has 16 heavy (non-hydrogen) atoms. The topological polar surface area (TPSA) is 38.5 Å². The Hall–Kier alpha value is -1.20. The van der Waals surface area contributed by atoms with Gasteiger partial charge < -0.3 is 15.4 Å². The molecule has 0 radical (unpaired) electrons. The summed E-state index contributed by atoms with van der Waals surface area (Å²) in [5.41, 5.74) is 5.93. The molecule has 3 nitrogen and oxygen atoms in total. The summed E-state index contributed by atoms with van der Waals surface area (Å²) in [5, 5.41) is 0. The average Bonchev–Trinajstić information content (AvgIpc) is 2.19. The lowest BCUT2D eigenvalue weighted by Gasteiger charge is -2.13. The van der Waals surface area contributed by atoms with Gasteiger partial charge in [0.25, 0.3) is 0 Å². The number of halogens is 1. The molecule has 0 aromatic heterocycles. The average molecular weight is 242 g/mol. The molecule has 0 bridgehead atoms. The number of rotatable bonds is 5. The summed E-state index contributed by atoms with van der Waals surface area (Å²) in [6, 6.07) is 4.15. The zero-order valence-electron chi connectivity index (χ0n) is 9.37. The van der Waals surface area contributed by atoms with Crippen LogP contribution in [-0.2, 0) is 0 Å². The number of thiocarbonyl (C=S) groups is 1. The van der Waals surface area contributed by atoms with Gasteiger partial charge in [-0.05, 0) is 32.3 Å². The molecule has 5 heteroatoms. The second kappa shape index (κ2) is 5.77. The van der Waals surface area contributed by atoms with Crippen molar-refractivity contribution in [1.82, 2.24) is 4.90 Å². The number of hydrogen-bond acceptors (Lipinski definition) is 3. The number of ether oxygens (including phenoxy) is 1. The van der Waals surface area contributed by atoms with Crippen LogP contribution in [0.25, 0.3) is 0 Å². The van der Waals surface area contributed by atoms with Crippen molar-refractivity contribution in [3.8, 4) is 5.75 Å². The number of likely N-dealkylation sites (N-methyl/N-ethyl adjacent to an activating group) is 1. The molecular formula is C11H15FN2OS. The molecule has 1 aromatic rings. The maximum absolute atomic E-state index is 13.0. The number of benzene rings is 1. The lowest BCUT2D eigenvalue weighted by atomic mass is 10.2. The summed E-state index contributed by atoms with van der Waals surface area (Å²) in [6.45, 7) is 1.28. The summed E-state index contributed by atoms with van der Waals surface area (Å²) < 4.78 is 18.5. The summed E-state index contributed by atoms with van der Waals surface area (Å²) in [6.07, 6.45) is 0. The predicted molar refractivity (Wildman–Crippen MR) is 66.3 cm³/mol. The lowest BCUT2D eigenvalue weighted by molar-refractivity contribution is 0.261. The van der Waals surface area contributed by atoms with Crippen molar-refractivity contribution in [2.45, 2.75) is 0 Å². The lowest BCUT2D eigenvalue weighted by Crippen LogP contribution is -2.20. The monoisotopic (exact) mass is 242 g/mol. The minimum Gasteiger partial charge on any atom is -0.492 e. The van der Waals surface area contributed by atoms with Gasteiger partial charge in [0.05, 0.1) is 5.56 Å². The molecule has 0 heterocycles. The van der Waals surface area contributed by atoms with Gasteiger partial charge in [-0.1, -0.05) is 12.2 Å². The standard InChI is InChI=1S/C11H15FN2OS/c1-14(2)5-6-15-10-4-3-8(12)7-9(10)11(13)16/h3-4,7H,5-6H2,1-2H3,(H2,13,16). The van der Waals surface area contributed by atoms with Crippen LogP contribution in [-0.4, -0.2) is 37.1 Å². The van der Waals surface area contributed by atoms with Gasteiger partial charge >= 0.3 is 0 Å². The predicted octanol–water partition coefficient (Wildman–Crippen LogP) is 1.40. The van der Waals surface area contributed by atoms with Gasteiger partial charge in [-0.15, -0.1) is 0 Å². The second-order valence-electron chi connectivity index (χ2n) is 3.66. The van der Waals surface area contributed by atoms with E-state index < -0.39 is 0 Å². The SMILES string of the molecule is CN(C)CCOc1ccc(F)cc1C(N)=S. The van der Waals surface area contributed by atoms with E-state index in [0.29, 0.717) is 17.9 Å². The molecule has 0 aliphatic carbocycles. The van der Waals surface area contributed by atoms with E-state index in [1.165, 1.54) is 12.1 Å². The highest BCUT2D eigenvalue weighted by Crippen LogP contribution is 2.19. The fourth-order valence-corrected chi connectivity index (χ4v) is 1.32. The molecule has 0 unspecified atom stereocenters. The fourth-order valence-electron chi connectivity index (χ4n) is 1.16. The summed E-state index contributed by atoms with van der Waals surface area (Å²) in [5.74, 6) is 0.151. The highest BCUT2D eigenvalue weighted by molar-refractivity contribution is 7.80. The van der Waals surface area contributed by atoms with Gasteiger partial charge in [-0.3, -0.25) is 0 Å². The first-order valence-corrected chi connectivity index (χ1v) is 5.28. The molecule has 0 saturated heterocycles. The zero-order valence-corrected chi connectivity index (χ0v) is 10.2. The van der Waals surface area contributed by atoms with Crippen molar-refractivity contribution in [3.05, 3.63) is 29.6 Å². The van der Waals surface area contributed by atoms with E-state index in [-0.39, 0.29) is 10.8 Å². The summed E-state index contributed by atoms with van der Waals surface area (Å²) in [4.78, 5) is 2.13. The molecule has 0 atom stereocenters. The Balaban J connectivity index is 2.75. The smallest absolute Gasteiger partial charge is 0.129 e. The highest BCUT2D eigenvalue weighted by Gasteiger charge is 2.07. The normalized spacial score (nSPS) is 10.5. The molecule has 1 aromatic carbocycles. The molecule has 0 amide bonds. The van der Waals surface area contributed by atoms with E-state index in [9.17, 15) is 4.39 Å². The molecule has 1 rings (SSSR count). The third-order valence-electron chi connectivity index (χ3n) is 2.00. The maximum Gasteiger partial charge on any atom is 0.129 e. The Morgan fingerprint density at radius 2 is 2.19 bits per heavy atom. The zero-order chi connectivity index (χ0) is 12.1. The van der Waals surface area contributed by atoms with Gasteiger partial charge in [0.1, 0.15) is 23.2 Å². The molecule has 0 saturated carbocycles. The Morgan fingerprint density at radius 1 is 1.50 bits per heavy atom. The first kappa shape index (κ1) is 12.9. The highest BCUT2D eigenvalue weighted by atomic mass is 32.1. The maximum atomic E-state index is 13.0. The van der Waals surface area contributed by atoms with Crippen LogP contribution in [0.2, 0.25) is 0 Å². The number of nitrogens with zero attached hydrogens (tertiary/aromatic N) is 1. The van der Waals surface area contributed by atoms with Crippen LogP contribution in [0.4, 0.5) is 4.39 Å². The van der Waals surface area contributed by atoms with E-state index in [1.807, 2.05) is 19.0 Å². The van der Waals surface area contributed by atoms with Crippen molar-refractivity contribution in [1.29, 1.82) is 0 Å². The van der Waals surface area contributed by atoms with E-state index in [1.54, 1.807) is 6.07 Å². The first-order valence-electron chi connectivity index (χ1n) is 4.87. The van der Waals surface area contributed by atoms with E-state index in [2.05, 4.69) is 0 Å². The molecule has 0 spiro atoms. The van der Waals surface area contributed by atoms with Gasteiger partial charge in [-0.2, -0.15) is 0 Å². The van der Waals surface area contributed by atoms with Gasteiger partial charge in [0, 0.05) is 6.54 Å². The van der Waals surface area contributed by atoms with E-state index in [4.69, 9.17) is 22.7 Å². The van der Waals surface area contributed by atoms with Crippen LogP contribution >= 0.6 is 12.2 Å². The van der Waals surface area contributed by atoms with Crippen LogP contribution in [0.15, 0.2) is 18.2 Å². The largest absolute Gasteiger partial charge is 0.492 e. The molecular weight excluding hydrogens is 227 g/mol. The summed E-state index contributed by atoms with van der Waals surface area (Å²) in [7, 11) is 3.89. The fraction of sp³-hybridized carbons (Fsp3) is 0.364. The Morgan fingerprint density at radius 3 is 2.75 bits per heavy atom. The van der Waals surface area contributed by atoms with Gasteiger partial charge in [0.15, 0.2) is 0 Å². The van der Waals surface area contributed by atoms with Crippen LogP contribution in [0, 0.1) is 5.82 Å². The van der Waals surface area contributed by atoms with Crippen molar-refractivity contribution >= 4 is 17.2 Å². The molecule has 88 valence electrons. The van der Waals surface area contributed by atoms with Crippen LogP contribution in [0.3, 0.4) is 0 Å². The first-order chi connectivity index (χ1) is 7.50. The molecule has 0 aliphatic heterocycles. The third-order valence-corrected chi connectivity index (χ3v) is 2.22. The van der Waals surface area contributed by atoms with Crippen molar-refractivity contribution in [3.63, 3.8) is 0 Å². The van der Waals surface area contributed by atoms with E-state index >= 15 is 0 Å². The summed E-state index contributed by atoms with van der Waals surface area (Å²) >= 11 is 4.83. The second-order valence-corrected chi connectivity index (χ2v) is 4.10. The van der Waals surface area contributed by atoms with E-state index in [0.717, 1.165) is 6.54 Å². The Labute approximate surface area is 100.0 Å². The number of hydrogen-bond donors (Lipinski definition) is 1. The van der Waals surface area contributed by atoms with Crippen molar-refractivity contribution < 1.29 is 9.13 Å².